The fraction of sp³-hybridized carbons (Fsp3) is 0.448. The second-order valence-corrected chi connectivity index (χ2v) is 10.2. The van der Waals surface area contributed by atoms with E-state index < -0.39 is 18.2 Å². The molecule has 4 N–H and O–H groups in total. The van der Waals surface area contributed by atoms with Crippen molar-refractivity contribution in [3.05, 3.63) is 71.8 Å². The molecule has 1 unspecified atom stereocenters. The molecule has 2 aromatic rings. The first-order chi connectivity index (χ1) is 19.0. The molecule has 2 aliphatic rings. The molecular formula is C29H38N6O4. The van der Waals surface area contributed by atoms with Gasteiger partial charge in [-0.1, -0.05) is 60.7 Å². The van der Waals surface area contributed by atoms with Crippen molar-refractivity contribution in [2.24, 2.45) is 16.9 Å². The molecule has 0 radical (unpaired) electrons. The summed E-state index contributed by atoms with van der Waals surface area (Å²) in [6, 6.07) is 17.4. The Hall–Kier alpha value is -4.08. The van der Waals surface area contributed by atoms with Crippen LogP contribution in [0.25, 0.3) is 0 Å². The summed E-state index contributed by atoms with van der Waals surface area (Å²) in [5, 5.41) is 9.43. The molecule has 10 heteroatoms. The zero-order chi connectivity index (χ0) is 27.5. The third-order valence-electron chi connectivity index (χ3n) is 7.27. The van der Waals surface area contributed by atoms with Crippen LogP contribution in [0.5, 0.6) is 0 Å². The van der Waals surface area contributed by atoms with E-state index in [0.717, 1.165) is 43.5 Å². The molecule has 4 rings (SSSR count). The molecule has 2 saturated heterocycles. The monoisotopic (exact) mass is 534 g/mol. The number of carbonyl (C=O) groups excluding carboxylic acids is 3. The first-order valence-corrected chi connectivity index (χ1v) is 13.6. The van der Waals surface area contributed by atoms with Crippen molar-refractivity contribution >= 4 is 24.2 Å². The lowest BCUT2D eigenvalue weighted by Gasteiger charge is -2.32. The molecule has 0 spiro atoms. The number of likely N-dealkylation sites (tertiary alicyclic amines) is 2. The molecule has 208 valence electrons. The quantitative estimate of drug-likeness (QED) is 0.186. The van der Waals surface area contributed by atoms with Crippen LogP contribution in [0.2, 0.25) is 0 Å². The van der Waals surface area contributed by atoms with E-state index in [1.165, 1.54) is 0 Å². The predicted octanol–water partition coefficient (Wildman–Crippen LogP) is 2.25. The van der Waals surface area contributed by atoms with Gasteiger partial charge in [-0.05, 0) is 42.7 Å². The zero-order valence-corrected chi connectivity index (χ0v) is 22.2. The first kappa shape index (κ1) is 27.9. The molecule has 10 nitrogen and oxygen atoms in total. The third kappa shape index (κ3) is 8.20. The van der Waals surface area contributed by atoms with Crippen LogP contribution in [-0.2, 0) is 27.4 Å². The van der Waals surface area contributed by atoms with Crippen molar-refractivity contribution in [2.75, 3.05) is 26.2 Å². The predicted molar refractivity (Wildman–Crippen MR) is 148 cm³/mol. The second-order valence-electron chi connectivity index (χ2n) is 10.2. The molecule has 3 amide bonds. The topological polar surface area (TPSA) is 129 Å². The summed E-state index contributed by atoms with van der Waals surface area (Å²) in [5.74, 6) is 5.14. The fourth-order valence-electron chi connectivity index (χ4n) is 5.29. The van der Waals surface area contributed by atoms with Crippen molar-refractivity contribution in [3.63, 3.8) is 0 Å². The van der Waals surface area contributed by atoms with E-state index in [0.29, 0.717) is 25.9 Å². The van der Waals surface area contributed by atoms with Gasteiger partial charge in [-0.25, -0.2) is 4.79 Å². The number of hydrogen-bond donors (Lipinski definition) is 3. The van der Waals surface area contributed by atoms with E-state index >= 15 is 0 Å². The number of hydrazone groups is 1. The SMILES string of the molecule is NN=CN1CCCC(CNC(=O)[C@@H]2CCCN2C(=O)[C@@H](Cc2ccccc2)NC(=O)OCc2ccccc2)C1. The Bertz CT molecular complexity index is 1110. The highest BCUT2D eigenvalue weighted by Crippen LogP contribution is 2.21. The molecule has 0 aromatic heterocycles. The van der Waals surface area contributed by atoms with Crippen LogP contribution in [0, 0.1) is 5.92 Å². The Morgan fingerprint density at radius 1 is 1.00 bits per heavy atom. The summed E-state index contributed by atoms with van der Waals surface area (Å²) in [4.78, 5) is 43.3. The molecule has 0 bridgehead atoms. The summed E-state index contributed by atoms with van der Waals surface area (Å²) in [7, 11) is 0. The van der Waals surface area contributed by atoms with Gasteiger partial charge in [0.2, 0.25) is 11.8 Å². The number of piperidine rings is 1. The highest BCUT2D eigenvalue weighted by Gasteiger charge is 2.38. The highest BCUT2D eigenvalue weighted by molar-refractivity contribution is 5.92. The summed E-state index contributed by atoms with van der Waals surface area (Å²) in [6.45, 7) is 2.78. The normalized spacial score (nSPS) is 20.0. The number of nitrogens with one attached hydrogen (secondary N) is 2. The maximum Gasteiger partial charge on any atom is 0.408 e. The van der Waals surface area contributed by atoms with Crippen molar-refractivity contribution in [3.8, 4) is 0 Å². The minimum Gasteiger partial charge on any atom is -0.445 e. The lowest BCUT2D eigenvalue weighted by molar-refractivity contribution is -0.140. The minimum atomic E-state index is -0.855. The number of rotatable bonds is 10. The van der Waals surface area contributed by atoms with Crippen LogP contribution in [-0.4, -0.2) is 72.3 Å². The third-order valence-corrected chi connectivity index (χ3v) is 7.27. The molecule has 2 fully saturated rings. The second kappa shape index (κ2) is 14.2. The van der Waals surface area contributed by atoms with Crippen LogP contribution in [0.15, 0.2) is 65.8 Å². The Kier molecular flexibility index (Phi) is 10.2. The average Bonchev–Trinajstić information content (AvgIpc) is 3.46. The van der Waals surface area contributed by atoms with Gasteiger partial charge in [0.1, 0.15) is 25.0 Å². The fourth-order valence-corrected chi connectivity index (χ4v) is 5.29. The standard InChI is InChI=1S/C29H38N6O4/c30-32-21-34-15-7-13-24(19-34)18-31-27(36)26-14-8-16-35(26)28(37)25(17-22-9-3-1-4-10-22)33-29(38)39-20-23-11-5-2-6-12-23/h1-6,9-12,21,24-26H,7-8,13-20,30H2,(H,31,36)(H,33,38)/t24?,25-,26+/m1/s1. The van der Waals surface area contributed by atoms with Crippen molar-refractivity contribution < 1.29 is 19.1 Å². The van der Waals surface area contributed by atoms with Crippen molar-refractivity contribution in [1.29, 1.82) is 0 Å². The van der Waals surface area contributed by atoms with Crippen LogP contribution >= 0.6 is 0 Å². The number of nitrogens with two attached hydrogens (primary N) is 1. The molecule has 2 aromatic carbocycles. The number of alkyl carbamates (subject to hydrolysis) is 1. The molecule has 0 saturated carbocycles. The van der Waals surface area contributed by atoms with Gasteiger partial charge < -0.3 is 31.0 Å². The van der Waals surface area contributed by atoms with E-state index in [1.54, 1.807) is 11.2 Å². The molecule has 39 heavy (non-hydrogen) atoms. The number of benzene rings is 2. The van der Waals surface area contributed by atoms with Gasteiger partial charge in [0, 0.05) is 32.6 Å². The maximum absolute atomic E-state index is 13.7. The van der Waals surface area contributed by atoms with Gasteiger partial charge in [-0.15, -0.1) is 0 Å². The number of nitrogens with zero attached hydrogens (tertiary/aromatic N) is 3. The summed E-state index contributed by atoms with van der Waals surface area (Å²) in [6.07, 6.45) is 4.60. The van der Waals surface area contributed by atoms with E-state index in [1.807, 2.05) is 60.7 Å². The van der Waals surface area contributed by atoms with Crippen LogP contribution in [0.4, 0.5) is 4.79 Å². The number of amides is 3. The Balaban J connectivity index is 1.37. The van der Waals surface area contributed by atoms with Gasteiger partial charge in [-0.2, -0.15) is 5.10 Å². The van der Waals surface area contributed by atoms with Crippen LogP contribution in [0.3, 0.4) is 0 Å². The molecular weight excluding hydrogens is 496 g/mol. The first-order valence-electron chi connectivity index (χ1n) is 13.6. The van der Waals surface area contributed by atoms with E-state index in [9.17, 15) is 14.4 Å². The number of hydrogen-bond acceptors (Lipinski definition) is 6. The van der Waals surface area contributed by atoms with Crippen molar-refractivity contribution in [2.45, 2.75) is 50.8 Å². The lowest BCUT2D eigenvalue weighted by Crippen LogP contribution is -2.54. The highest BCUT2D eigenvalue weighted by atomic mass is 16.5. The molecule has 2 heterocycles. The van der Waals surface area contributed by atoms with Gasteiger partial charge in [-0.3, -0.25) is 9.59 Å². The Morgan fingerprint density at radius 3 is 2.41 bits per heavy atom. The minimum absolute atomic E-state index is 0.101. The average molecular weight is 535 g/mol. The smallest absolute Gasteiger partial charge is 0.408 e. The summed E-state index contributed by atoms with van der Waals surface area (Å²) < 4.78 is 5.39. The molecule has 0 aliphatic carbocycles. The van der Waals surface area contributed by atoms with Gasteiger partial charge in [0.05, 0.1) is 0 Å². The van der Waals surface area contributed by atoms with Crippen LogP contribution < -0.4 is 16.5 Å². The summed E-state index contributed by atoms with van der Waals surface area (Å²) in [5.41, 5.74) is 1.76. The lowest BCUT2D eigenvalue weighted by atomic mass is 9.98. The van der Waals surface area contributed by atoms with E-state index in [4.69, 9.17) is 10.6 Å². The van der Waals surface area contributed by atoms with Crippen molar-refractivity contribution in [1.82, 2.24) is 20.4 Å². The van der Waals surface area contributed by atoms with E-state index in [2.05, 4.69) is 20.6 Å². The Morgan fingerprint density at radius 2 is 1.69 bits per heavy atom. The Labute approximate surface area is 229 Å². The number of carbonyl (C=O) groups is 3. The molecule has 3 atom stereocenters. The number of ether oxygens (including phenoxy) is 1. The maximum atomic E-state index is 13.7. The van der Waals surface area contributed by atoms with Crippen LogP contribution in [0.1, 0.15) is 36.8 Å². The zero-order valence-electron chi connectivity index (χ0n) is 22.2. The van der Waals surface area contributed by atoms with Gasteiger partial charge in [0.15, 0.2) is 0 Å². The largest absolute Gasteiger partial charge is 0.445 e. The summed E-state index contributed by atoms with van der Waals surface area (Å²) >= 11 is 0. The van der Waals surface area contributed by atoms with Gasteiger partial charge in [0.25, 0.3) is 0 Å². The van der Waals surface area contributed by atoms with E-state index in [-0.39, 0.29) is 24.3 Å². The molecule has 2 aliphatic heterocycles. The van der Waals surface area contributed by atoms with Gasteiger partial charge >= 0.3 is 6.09 Å².